The molecule has 0 saturated carbocycles. The van der Waals surface area contributed by atoms with E-state index in [1.54, 1.807) is 12.4 Å². The number of nitrogens with zero attached hydrogens (tertiary/aromatic N) is 5. The average molecular weight is 332 g/mol. The Morgan fingerprint density at radius 2 is 2.00 bits per heavy atom. The third kappa shape index (κ3) is 4.18. The number of likely N-dealkylation sites (N-methyl/N-ethyl adjacent to an activating group) is 1. The van der Waals surface area contributed by atoms with Gasteiger partial charge in [-0.15, -0.1) is 0 Å². The second kappa shape index (κ2) is 7.70. The summed E-state index contributed by atoms with van der Waals surface area (Å²) >= 11 is 5.93. The molecule has 0 amide bonds. The van der Waals surface area contributed by atoms with Gasteiger partial charge in [-0.25, -0.2) is 9.97 Å². The Kier molecular flexibility index (Phi) is 5.41. The number of hydrogen-bond acceptors (Lipinski definition) is 5. The lowest BCUT2D eigenvalue weighted by molar-refractivity contribution is 0.268. The van der Waals surface area contributed by atoms with Crippen LogP contribution in [0.15, 0.2) is 36.9 Å². The fourth-order valence-corrected chi connectivity index (χ4v) is 3.26. The van der Waals surface area contributed by atoms with Crippen molar-refractivity contribution < 1.29 is 0 Å². The number of likely N-dealkylation sites (tertiary alicyclic amines) is 1. The first kappa shape index (κ1) is 16.1. The van der Waals surface area contributed by atoms with Crippen molar-refractivity contribution in [1.29, 1.82) is 0 Å². The highest BCUT2D eigenvalue weighted by Gasteiger charge is 2.26. The van der Waals surface area contributed by atoms with E-state index in [1.807, 2.05) is 24.5 Å². The standard InChI is InChI=1S/C17H22ClN5/c1-2-22-9-3-4-16(22)13-23(12-14-5-7-19-8-6-14)17-20-10-15(18)11-21-17/h5-8,10-11,16H,2-4,9,12-13H2,1H3. The van der Waals surface area contributed by atoms with Gasteiger partial charge in [0.1, 0.15) is 0 Å². The van der Waals surface area contributed by atoms with Crippen molar-refractivity contribution in [3.8, 4) is 0 Å². The molecule has 0 bridgehead atoms. The Labute approximate surface area is 142 Å². The van der Waals surface area contributed by atoms with Crippen LogP contribution in [0.5, 0.6) is 0 Å². The van der Waals surface area contributed by atoms with Crippen molar-refractivity contribution in [2.45, 2.75) is 32.4 Å². The number of pyridine rings is 1. The largest absolute Gasteiger partial charge is 0.335 e. The molecule has 0 N–H and O–H groups in total. The molecule has 0 radical (unpaired) electrons. The molecule has 5 nitrogen and oxygen atoms in total. The van der Waals surface area contributed by atoms with E-state index in [1.165, 1.54) is 24.9 Å². The molecule has 2 aromatic heterocycles. The van der Waals surface area contributed by atoms with Gasteiger partial charge in [0.15, 0.2) is 0 Å². The van der Waals surface area contributed by atoms with Gasteiger partial charge in [0.25, 0.3) is 0 Å². The van der Waals surface area contributed by atoms with Crippen molar-refractivity contribution in [2.24, 2.45) is 0 Å². The summed E-state index contributed by atoms with van der Waals surface area (Å²) in [5, 5.41) is 0.564. The summed E-state index contributed by atoms with van der Waals surface area (Å²) in [5.74, 6) is 0.731. The van der Waals surface area contributed by atoms with Gasteiger partial charge in [-0.3, -0.25) is 9.88 Å². The second-order valence-electron chi connectivity index (χ2n) is 5.86. The van der Waals surface area contributed by atoms with Crippen LogP contribution < -0.4 is 4.90 Å². The maximum Gasteiger partial charge on any atom is 0.225 e. The van der Waals surface area contributed by atoms with Crippen LogP contribution in [0.25, 0.3) is 0 Å². The first-order valence-corrected chi connectivity index (χ1v) is 8.49. The molecule has 0 aromatic carbocycles. The van der Waals surface area contributed by atoms with Crippen LogP contribution in [0.1, 0.15) is 25.3 Å². The maximum absolute atomic E-state index is 5.93. The van der Waals surface area contributed by atoms with Gasteiger partial charge in [0.2, 0.25) is 5.95 Å². The highest BCUT2D eigenvalue weighted by Crippen LogP contribution is 2.21. The van der Waals surface area contributed by atoms with Crippen LogP contribution in [0, 0.1) is 0 Å². The van der Waals surface area contributed by atoms with E-state index in [0.29, 0.717) is 11.1 Å². The highest BCUT2D eigenvalue weighted by atomic mass is 35.5. The molecule has 0 aliphatic carbocycles. The monoisotopic (exact) mass is 331 g/mol. The van der Waals surface area contributed by atoms with Crippen molar-refractivity contribution in [3.63, 3.8) is 0 Å². The SMILES string of the molecule is CCN1CCCC1CN(Cc1ccncc1)c1ncc(Cl)cn1. The van der Waals surface area contributed by atoms with Crippen molar-refractivity contribution in [2.75, 3.05) is 24.5 Å². The summed E-state index contributed by atoms with van der Waals surface area (Å²) in [6.07, 6.45) is 9.47. The molecule has 1 aliphatic heterocycles. The fraction of sp³-hybridized carbons (Fsp3) is 0.471. The number of halogens is 1. The van der Waals surface area contributed by atoms with Crippen LogP contribution in [-0.2, 0) is 6.54 Å². The van der Waals surface area contributed by atoms with E-state index in [9.17, 15) is 0 Å². The zero-order valence-electron chi connectivity index (χ0n) is 13.4. The molecule has 1 atom stereocenters. The highest BCUT2D eigenvalue weighted by molar-refractivity contribution is 6.30. The van der Waals surface area contributed by atoms with Crippen molar-refractivity contribution >= 4 is 17.5 Å². The van der Waals surface area contributed by atoms with E-state index in [4.69, 9.17) is 11.6 Å². The first-order chi connectivity index (χ1) is 11.3. The average Bonchev–Trinajstić information content (AvgIpc) is 3.03. The van der Waals surface area contributed by atoms with E-state index >= 15 is 0 Å². The Morgan fingerprint density at radius 3 is 2.70 bits per heavy atom. The molecular formula is C17H22ClN5. The molecule has 6 heteroatoms. The summed E-state index contributed by atoms with van der Waals surface area (Å²) in [6.45, 7) is 6.21. The third-order valence-electron chi connectivity index (χ3n) is 4.35. The van der Waals surface area contributed by atoms with Gasteiger partial charge < -0.3 is 4.90 Å². The van der Waals surface area contributed by atoms with E-state index < -0.39 is 0 Å². The maximum atomic E-state index is 5.93. The number of hydrogen-bond donors (Lipinski definition) is 0. The predicted octanol–water partition coefficient (Wildman–Crippen LogP) is 3.02. The van der Waals surface area contributed by atoms with Gasteiger partial charge in [0.05, 0.1) is 17.4 Å². The lowest BCUT2D eigenvalue weighted by Gasteiger charge is -2.30. The number of rotatable bonds is 6. The van der Waals surface area contributed by atoms with Crippen molar-refractivity contribution in [3.05, 3.63) is 47.5 Å². The number of anilines is 1. The van der Waals surface area contributed by atoms with E-state index in [-0.39, 0.29) is 0 Å². The molecule has 1 saturated heterocycles. The number of aromatic nitrogens is 3. The fourth-order valence-electron chi connectivity index (χ4n) is 3.17. The minimum Gasteiger partial charge on any atom is -0.335 e. The normalized spacial score (nSPS) is 18.3. The minimum atomic E-state index is 0.557. The van der Waals surface area contributed by atoms with Gasteiger partial charge in [-0.1, -0.05) is 18.5 Å². The van der Waals surface area contributed by atoms with Crippen LogP contribution in [0.3, 0.4) is 0 Å². The van der Waals surface area contributed by atoms with Crippen LogP contribution >= 0.6 is 11.6 Å². The summed E-state index contributed by atoms with van der Waals surface area (Å²) in [4.78, 5) is 17.7. The summed E-state index contributed by atoms with van der Waals surface area (Å²) in [6, 6.07) is 4.63. The first-order valence-electron chi connectivity index (χ1n) is 8.11. The Balaban J connectivity index is 1.79. The lowest BCUT2D eigenvalue weighted by atomic mass is 10.2. The molecule has 2 aromatic rings. The third-order valence-corrected chi connectivity index (χ3v) is 4.54. The molecule has 1 unspecified atom stereocenters. The van der Waals surface area contributed by atoms with Crippen LogP contribution in [-0.4, -0.2) is 45.5 Å². The quantitative estimate of drug-likeness (QED) is 0.814. The molecule has 3 rings (SSSR count). The summed E-state index contributed by atoms with van der Waals surface area (Å²) in [5.41, 5.74) is 1.21. The molecule has 1 aliphatic rings. The Hall–Kier alpha value is -1.72. The molecular weight excluding hydrogens is 310 g/mol. The van der Waals surface area contributed by atoms with Gasteiger partial charge in [0, 0.05) is 31.5 Å². The Morgan fingerprint density at radius 1 is 1.26 bits per heavy atom. The molecule has 23 heavy (non-hydrogen) atoms. The van der Waals surface area contributed by atoms with Gasteiger partial charge >= 0.3 is 0 Å². The lowest BCUT2D eigenvalue weighted by Crippen LogP contribution is -2.40. The molecule has 1 fully saturated rings. The smallest absolute Gasteiger partial charge is 0.225 e. The Bertz CT molecular complexity index is 604. The van der Waals surface area contributed by atoms with Crippen molar-refractivity contribution in [1.82, 2.24) is 19.9 Å². The summed E-state index contributed by atoms with van der Waals surface area (Å²) in [7, 11) is 0. The molecule has 3 heterocycles. The topological polar surface area (TPSA) is 45.2 Å². The second-order valence-corrected chi connectivity index (χ2v) is 6.30. The van der Waals surface area contributed by atoms with Crippen LogP contribution in [0.2, 0.25) is 5.02 Å². The van der Waals surface area contributed by atoms with Crippen LogP contribution in [0.4, 0.5) is 5.95 Å². The van der Waals surface area contributed by atoms with E-state index in [0.717, 1.165) is 25.6 Å². The zero-order valence-corrected chi connectivity index (χ0v) is 14.2. The van der Waals surface area contributed by atoms with Gasteiger partial charge in [-0.2, -0.15) is 0 Å². The van der Waals surface area contributed by atoms with E-state index in [2.05, 4.69) is 31.7 Å². The predicted molar refractivity (Wildman–Crippen MR) is 92.6 cm³/mol. The minimum absolute atomic E-state index is 0.557. The zero-order chi connectivity index (χ0) is 16.1. The summed E-state index contributed by atoms with van der Waals surface area (Å²) < 4.78 is 0. The molecule has 0 spiro atoms. The molecule has 122 valence electrons. The van der Waals surface area contributed by atoms with Gasteiger partial charge in [-0.05, 0) is 43.6 Å².